The SMILES string of the molecule is C=CN(C=C)Cc1cccc(CN(C=C)C=C)c1. The molecule has 2 heteroatoms. The number of hydrogen-bond donors (Lipinski definition) is 0. The molecule has 0 atom stereocenters. The van der Waals surface area contributed by atoms with Crippen molar-refractivity contribution in [3.8, 4) is 0 Å². The molecule has 0 fully saturated rings. The highest BCUT2D eigenvalue weighted by molar-refractivity contribution is 5.24. The molecule has 18 heavy (non-hydrogen) atoms. The standard InChI is InChI=1S/C16H20N2/c1-5-17(6-2)13-15-10-9-11-16(12-15)14-18(7-3)8-4/h5-12H,1-4,13-14H2. The van der Waals surface area contributed by atoms with Gasteiger partial charge in [0.2, 0.25) is 0 Å². The van der Waals surface area contributed by atoms with Crippen molar-refractivity contribution in [1.82, 2.24) is 9.80 Å². The molecule has 0 saturated heterocycles. The van der Waals surface area contributed by atoms with Gasteiger partial charge in [-0.1, -0.05) is 50.6 Å². The van der Waals surface area contributed by atoms with Crippen LogP contribution in [-0.2, 0) is 13.1 Å². The Labute approximate surface area is 110 Å². The highest BCUT2D eigenvalue weighted by atomic mass is 15.1. The maximum absolute atomic E-state index is 3.75. The lowest BCUT2D eigenvalue weighted by molar-refractivity contribution is 0.495. The molecule has 0 aliphatic heterocycles. The summed E-state index contributed by atoms with van der Waals surface area (Å²) >= 11 is 0. The average molecular weight is 240 g/mol. The average Bonchev–Trinajstić information content (AvgIpc) is 2.42. The maximum Gasteiger partial charge on any atom is 0.0469 e. The van der Waals surface area contributed by atoms with E-state index in [4.69, 9.17) is 0 Å². The Hall–Kier alpha value is -2.22. The van der Waals surface area contributed by atoms with Gasteiger partial charge in [-0.3, -0.25) is 0 Å². The van der Waals surface area contributed by atoms with Gasteiger partial charge in [0.05, 0.1) is 0 Å². The largest absolute Gasteiger partial charge is 0.351 e. The summed E-state index contributed by atoms with van der Waals surface area (Å²) in [6.45, 7) is 16.5. The van der Waals surface area contributed by atoms with E-state index in [2.05, 4.69) is 50.6 Å². The van der Waals surface area contributed by atoms with Crippen LogP contribution < -0.4 is 0 Å². The molecule has 0 amide bonds. The zero-order valence-corrected chi connectivity index (χ0v) is 10.8. The van der Waals surface area contributed by atoms with Crippen molar-refractivity contribution >= 4 is 0 Å². The van der Waals surface area contributed by atoms with Gasteiger partial charge in [0.25, 0.3) is 0 Å². The molecule has 0 unspecified atom stereocenters. The van der Waals surface area contributed by atoms with Gasteiger partial charge < -0.3 is 9.80 Å². The first-order chi connectivity index (χ1) is 8.73. The van der Waals surface area contributed by atoms with E-state index in [-0.39, 0.29) is 0 Å². The van der Waals surface area contributed by atoms with Gasteiger partial charge >= 0.3 is 0 Å². The molecule has 0 N–H and O–H groups in total. The molecule has 0 spiro atoms. The Morgan fingerprint density at radius 3 is 1.50 bits per heavy atom. The third kappa shape index (κ3) is 3.98. The van der Waals surface area contributed by atoms with Gasteiger partial charge in [0.1, 0.15) is 0 Å². The summed E-state index contributed by atoms with van der Waals surface area (Å²) in [4.78, 5) is 3.88. The predicted octanol–water partition coefficient (Wildman–Crippen LogP) is 3.86. The molecule has 0 aliphatic carbocycles. The normalized spacial score (nSPS) is 9.33. The molecule has 94 valence electrons. The number of nitrogens with zero attached hydrogens (tertiary/aromatic N) is 2. The second-order valence-corrected chi connectivity index (χ2v) is 3.89. The molecule has 1 aromatic rings. The van der Waals surface area contributed by atoms with Gasteiger partial charge in [-0.05, 0) is 35.9 Å². The lowest BCUT2D eigenvalue weighted by Gasteiger charge is -2.17. The lowest BCUT2D eigenvalue weighted by Crippen LogP contribution is -2.10. The van der Waals surface area contributed by atoms with Gasteiger partial charge in [-0.25, -0.2) is 0 Å². The second-order valence-electron chi connectivity index (χ2n) is 3.89. The number of hydrogen-bond acceptors (Lipinski definition) is 2. The Kier molecular flexibility index (Phi) is 5.52. The van der Waals surface area contributed by atoms with Crippen molar-refractivity contribution in [2.24, 2.45) is 0 Å². The first kappa shape index (κ1) is 13.8. The van der Waals surface area contributed by atoms with Crippen LogP contribution in [0.25, 0.3) is 0 Å². The van der Waals surface area contributed by atoms with E-state index >= 15 is 0 Å². The molecule has 1 aromatic carbocycles. The Bertz CT molecular complexity index is 381. The molecule has 0 aromatic heterocycles. The van der Waals surface area contributed by atoms with E-state index in [9.17, 15) is 0 Å². The van der Waals surface area contributed by atoms with Crippen molar-refractivity contribution in [3.63, 3.8) is 0 Å². The molecule has 0 heterocycles. The first-order valence-electron chi connectivity index (χ1n) is 5.83. The number of rotatable bonds is 8. The minimum absolute atomic E-state index is 0.781. The highest BCUT2D eigenvalue weighted by Crippen LogP contribution is 2.11. The Morgan fingerprint density at radius 2 is 1.17 bits per heavy atom. The van der Waals surface area contributed by atoms with Crippen molar-refractivity contribution in [1.29, 1.82) is 0 Å². The Balaban J connectivity index is 2.78. The van der Waals surface area contributed by atoms with Crippen LogP contribution in [0.2, 0.25) is 0 Å². The summed E-state index contributed by atoms with van der Waals surface area (Å²) in [5.41, 5.74) is 2.45. The summed E-state index contributed by atoms with van der Waals surface area (Å²) < 4.78 is 0. The van der Waals surface area contributed by atoms with Gasteiger partial charge in [0.15, 0.2) is 0 Å². The molecular weight excluding hydrogens is 220 g/mol. The number of benzene rings is 1. The van der Waals surface area contributed by atoms with Crippen LogP contribution in [0.1, 0.15) is 11.1 Å². The maximum atomic E-state index is 3.75. The van der Waals surface area contributed by atoms with Crippen molar-refractivity contribution in [3.05, 3.63) is 86.5 Å². The first-order valence-corrected chi connectivity index (χ1v) is 5.83. The molecule has 2 nitrogen and oxygen atoms in total. The van der Waals surface area contributed by atoms with Gasteiger partial charge in [-0.2, -0.15) is 0 Å². The summed E-state index contributed by atoms with van der Waals surface area (Å²) in [7, 11) is 0. The van der Waals surface area contributed by atoms with E-state index in [1.54, 1.807) is 24.8 Å². The predicted molar refractivity (Wildman–Crippen MR) is 78.3 cm³/mol. The fraction of sp³-hybridized carbons (Fsp3) is 0.125. The van der Waals surface area contributed by atoms with Crippen molar-refractivity contribution in [2.45, 2.75) is 13.1 Å². The van der Waals surface area contributed by atoms with Crippen molar-refractivity contribution < 1.29 is 0 Å². The quantitative estimate of drug-likeness (QED) is 0.680. The molecule has 1 rings (SSSR count). The molecule has 0 bridgehead atoms. The van der Waals surface area contributed by atoms with Gasteiger partial charge in [-0.15, -0.1) is 0 Å². The molecule has 0 saturated carbocycles. The molecule has 0 radical (unpaired) electrons. The summed E-state index contributed by atoms with van der Waals surface area (Å²) in [5.74, 6) is 0. The molecular formula is C16H20N2. The van der Waals surface area contributed by atoms with Crippen LogP contribution in [0.5, 0.6) is 0 Å². The van der Waals surface area contributed by atoms with E-state index in [1.807, 2.05) is 9.80 Å². The van der Waals surface area contributed by atoms with Crippen LogP contribution in [0.4, 0.5) is 0 Å². The fourth-order valence-corrected chi connectivity index (χ4v) is 1.66. The van der Waals surface area contributed by atoms with Crippen LogP contribution in [-0.4, -0.2) is 9.80 Å². The fourth-order valence-electron chi connectivity index (χ4n) is 1.66. The smallest absolute Gasteiger partial charge is 0.0469 e. The Morgan fingerprint density at radius 1 is 0.778 bits per heavy atom. The van der Waals surface area contributed by atoms with E-state index in [0.29, 0.717) is 0 Å². The van der Waals surface area contributed by atoms with E-state index in [1.165, 1.54) is 11.1 Å². The summed E-state index contributed by atoms with van der Waals surface area (Å²) in [6, 6.07) is 8.41. The lowest BCUT2D eigenvalue weighted by atomic mass is 10.1. The zero-order chi connectivity index (χ0) is 13.4. The van der Waals surface area contributed by atoms with Crippen LogP contribution >= 0.6 is 0 Å². The monoisotopic (exact) mass is 240 g/mol. The minimum atomic E-state index is 0.781. The van der Waals surface area contributed by atoms with Gasteiger partial charge in [0, 0.05) is 13.1 Å². The highest BCUT2D eigenvalue weighted by Gasteiger charge is 2.00. The minimum Gasteiger partial charge on any atom is -0.351 e. The summed E-state index contributed by atoms with van der Waals surface area (Å²) in [6.07, 6.45) is 7.05. The molecule has 0 aliphatic rings. The van der Waals surface area contributed by atoms with Crippen LogP contribution in [0, 0.1) is 0 Å². The van der Waals surface area contributed by atoms with Crippen LogP contribution in [0.3, 0.4) is 0 Å². The summed E-state index contributed by atoms with van der Waals surface area (Å²) in [5, 5.41) is 0. The van der Waals surface area contributed by atoms with Crippen molar-refractivity contribution in [2.75, 3.05) is 0 Å². The van der Waals surface area contributed by atoms with Crippen LogP contribution in [0.15, 0.2) is 75.4 Å². The zero-order valence-electron chi connectivity index (χ0n) is 10.8. The third-order valence-corrected chi connectivity index (χ3v) is 2.66. The second kappa shape index (κ2) is 7.17. The topological polar surface area (TPSA) is 6.48 Å². The van der Waals surface area contributed by atoms with E-state index in [0.717, 1.165) is 13.1 Å². The third-order valence-electron chi connectivity index (χ3n) is 2.66. The van der Waals surface area contributed by atoms with E-state index < -0.39 is 0 Å².